The minimum atomic E-state index is -3.69. The Morgan fingerprint density at radius 1 is 1.16 bits per heavy atom. The number of amides is 1. The number of anilines is 2. The van der Waals surface area contributed by atoms with Crippen LogP contribution >= 0.6 is 11.3 Å². The third-order valence-corrected chi connectivity index (χ3v) is 8.10. The average molecular weight is 472 g/mol. The van der Waals surface area contributed by atoms with E-state index in [1.807, 2.05) is 12.1 Å². The van der Waals surface area contributed by atoms with Crippen LogP contribution in [0.5, 0.6) is 0 Å². The number of carbonyl (C=O) groups is 1. The fourth-order valence-electron chi connectivity index (χ4n) is 3.09. The van der Waals surface area contributed by atoms with Crippen LogP contribution in [-0.4, -0.2) is 19.5 Å². The Balaban J connectivity index is 1.46. The molecule has 1 fully saturated rings. The molecule has 0 aliphatic heterocycles. The molecule has 1 aliphatic rings. The molecular formula is C23H25N3O4S2. The van der Waals surface area contributed by atoms with E-state index < -0.39 is 10.0 Å². The van der Waals surface area contributed by atoms with Gasteiger partial charge in [-0.25, -0.2) is 8.42 Å². The van der Waals surface area contributed by atoms with E-state index in [4.69, 9.17) is 4.52 Å². The summed E-state index contributed by atoms with van der Waals surface area (Å²) in [5, 5.41) is 6.80. The van der Waals surface area contributed by atoms with Crippen molar-refractivity contribution in [3.8, 4) is 0 Å². The number of aryl methyl sites for hydroxylation is 1. The summed E-state index contributed by atoms with van der Waals surface area (Å²) in [4.78, 5) is 12.8. The Morgan fingerprint density at radius 2 is 1.88 bits per heavy atom. The molecule has 0 radical (unpaired) electrons. The molecule has 0 spiro atoms. The Kier molecular flexibility index (Phi) is 6.21. The first-order valence-electron chi connectivity index (χ1n) is 10.4. The molecule has 3 aromatic rings. The van der Waals surface area contributed by atoms with Gasteiger partial charge in [-0.3, -0.25) is 9.52 Å². The van der Waals surface area contributed by atoms with Gasteiger partial charge in [-0.2, -0.15) is 0 Å². The van der Waals surface area contributed by atoms with Crippen molar-refractivity contribution in [2.75, 3.05) is 10.0 Å². The summed E-state index contributed by atoms with van der Waals surface area (Å²) in [6.07, 6.45) is 5.24. The molecule has 1 aliphatic carbocycles. The Bertz CT molecular complexity index is 1250. The summed E-state index contributed by atoms with van der Waals surface area (Å²) in [6, 6.07) is 10.7. The lowest BCUT2D eigenvalue weighted by Crippen LogP contribution is -2.14. The smallest absolute Gasteiger partial charge is 0.271 e. The maximum Gasteiger partial charge on any atom is 0.271 e. The fraction of sp³-hybridized carbons (Fsp3) is 0.304. The number of nitrogens with one attached hydrogen (secondary N) is 2. The van der Waals surface area contributed by atoms with E-state index in [1.54, 1.807) is 43.3 Å². The van der Waals surface area contributed by atoms with Gasteiger partial charge in [-0.05, 0) is 67.7 Å². The quantitative estimate of drug-likeness (QED) is 0.452. The van der Waals surface area contributed by atoms with Gasteiger partial charge in [0, 0.05) is 16.5 Å². The first kappa shape index (κ1) is 22.3. The van der Waals surface area contributed by atoms with Gasteiger partial charge in [0.25, 0.3) is 10.0 Å². The van der Waals surface area contributed by atoms with Crippen LogP contribution in [0.2, 0.25) is 0 Å². The van der Waals surface area contributed by atoms with E-state index in [0.717, 1.165) is 34.6 Å². The summed E-state index contributed by atoms with van der Waals surface area (Å²) in [7, 11) is -3.69. The summed E-state index contributed by atoms with van der Waals surface area (Å²) in [5.74, 6) is 0.851. The van der Waals surface area contributed by atoms with Gasteiger partial charge in [-0.1, -0.05) is 31.1 Å². The van der Waals surface area contributed by atoms with Crippen molar-refractivity contribution in [3.63, 3.8) is 0 Å². The molecule has 0 atom stereocenters. The second-order valence-electron chi connectivity index (χ2n) is 8.14. The zero-order chi connectivity index (χ0) is 22.9. The monoisotopic (exact) mass is 471 g/mol. The second-order valence-corrected chi connectivity index (χ2v) is 11.2. The molecule has 1 aromatic carbocycles. The summed E-state index contributed by atoms with van der Waals surface area (Å²) < 4.78 is 33.7. The number of carbonyl (C=O) groups excluding carboxylic acids is 1. The number of sulfonamides is 1. The number of rotatable bonds is 8. The highest BCUT2D eigenvalue weighted by Gasteiger charge is 2.30. The normalized spacial score (nSPS) is 14.2. The van der Waals surface area contributed by atoms with Crippen molar-refractivity contribution >= 4 is 50.8 Å². The number of hydrogen-bond donors (Lipinski definition) is 2. The minimum absolute atomic E-state index is 0.0250. The van der Waals surface area contributed by atoms with Crippen molar-refractivity contribution in [1.82, 2.24) is 5.16 Å². The lowest BCUT2D eigenvalue weighted by molar-refractivity contribution is -0.117. The molecule has 4 rings (SSSR count). The van der Waals surface area contributed by atoms with Crippen LogP contribution in [0.15, 0.2) is 45.1 Å². The molecule has 9 heteroatoms. The fourth-order valence-corrected chi connectivity index (χ4v) is 5.38. The van der Waals surface area contributed by atoms with Gasteiger partial charge >= 0.3 is 0 Å². The van der Waals surface area contributed by atoms with Gasteiger partial charge in [-0.15, -0.1) is 11.3 Å². The largest absolute Gasteiger partial charge is 0.354 e. The molecule has 2 aromatic heterocycles. The molecule has 1 saturated carbocycles. The first-order chi connectivity index (χ1) is 15.2. The average Bonchev–Trinajstić information content (AvgIpc) is 3.40. The predicted octanol–water partition coefficient (Wildman–Crippen LogP) is 5.49. The molecule has 0 bridgehead atoms. The second kappa shape index (κ2) is 8.91. The predicted molar refractivity (Wildman–Crippen MR) is 127 cm³/mol. The molecule has 7 nitrogen and oxygen atoms in total. The lowest BCUT2D eigenvalue weighted by atomic mass is 10.0. The summed E-state index contributed by atoms with van der Waals surface area (Å²) >= 11 is 1.14. The van der Waals surface area contributed by atoms with Crippen LogP contribution in [0.3, 0.4) is 0 Å². The number of hydrogen-bond acceptors (Lipinski definition) is 6. The number of aromatic nitrogens is 1. The highest BCUT2D eigenvalue weighted by Crippen LogP contribution is 2.32. The topological polar surface area (TPSA) is 101 Å². The highest BCUT2D eigenvalue weighted by molar-refractivity contribution is 7.94. The molecule has 2 N–H and O–H groups in total. The zero-order valence-electron chi connectivity index (χ0n) is 18.1. The Hall–Kier alpha value is -2.91. The van der Waals surface area contributed by atoms with Gasteiger partial charge in [0.1, 0.15) is 15.6 Å². The molecule has 32 heavy (non-hydrogen) atoms. The first-order valence-corrected chi connectivity index (χ1v) is 12.7. The standard InChI is InChI=1S/C23H25N3O4S2/c1-14(2)16-6-8-18(9-7-16)26-32(28,29)21-13-11-19(31-21)10-12-20-22(15(3)25-30-20)24-23(27)17-4-5-17/h6-14,17,26H,4-5H2,1-3H3,(H,24,27). The van der Waals surface area contributed by atoms with E-state index in [0.29, 0.717) is 28.7 Å². The van der Waals surface area contributed by atoms with Gasteiger partial charge in [0.2, 0.25) is 5.91 Å². The van der Waals surface area contributed by atoms with Crippen LogP contribution in [-0.2, 0) is 14.8 Å². The van der Waals surface area contributed by atoms with Gasteiger partial charge in [0.05, 0.1) is 0 Å². The van der Waals surface area contributed by atoms with Crippen LogP contribution < -0.4 is 10.0 Å². The lowest BCUT2D eigenvalue weighted by Gasteiger charge is -2.09. The van der Waals surface area contributed by atoms with E-state index in [2.05, 4.69) is 29.0 Å². The van der Waals surface area contributed by atoms with Crippen molar-refractivity contribution in [2.45, 2.75) is 43.7 Å². The van der Waals surface area contributed by atoms with Crippen molar-refractivity contribution < 1.29 is 17.7 Å². The van der Waals surface area contributed by atoms with Crippen LogP contribution in [0.25, 0.3) is 12.2 Å². The SMILES string of the molecule is Cc1noc(C=Cc2ccc(S(=O)(=O)Nc3ccc(C(C)C)cc3)s2)c1NC(=O)C1CC1. The molecule has 168 valence electrons. The third kappa shape index (κ3) is 5.11. The summed E-state index contributed by atoms with van der Waals surface area (Å²) in [6.45, 7) is 5.94. The molecule has 0 unspecified atom stereocenters. The van der Waals surface area contributed by atoms with Crippen molar-refractivity contribution in [2.24, 2.45) is 5.92 Å². The zero-order valence-corrected chi connectivity index (χ0v) is 19.7. The van der Waals surface area contributed by atoms with Crippen LogP contribution in [0.1, 0.15) is 54.5 Å². The maximum absolute atomic E-state index is 12.8. The molecule has 2 heterocycles. The van der Waals surface area contributed by atoms with Crippen molar-refractivity contribution in [1.29, 1.82) is 0 Å². The van der Waals surface area contributed by atoms with E-state index in [-0.39, 0.29) is 16.0 Å². The number of nitrogens with zero attached hydrogens (tertiary/aromatic N) is 1. The third-order valence-electron chi connectivity index (χ3n) is 5.18. The Labute approximate surface area is 191 Å². The Morgan fingerprint density at radius 3 is 2.53 bits per heavy atom. The number of benzene rings is 1. The van der Waals surface area contributed by atoms with Crippen LogP contribution in [0.4, 0.5) is 11.4 Å². The van der Waals surface area contributed by atoms with E-state index >= 15 is 0 Å². The highest BCUT2D eigenvalue weighted by atomic mass is 32.2. The van der Waals surface area contributed by atoms with Crippen molar-refractivity contribution in [3.05, 3.63) is 58.3 Å². The molecule has 1 amide bonds. The van der Waals surface area contributed by atoms with Gasteiger partial charge < -0.3 is 9.84 Å². The molecular weight excluding hydrogens is 446 g/mol. The van der Waals surface area contributed by atoms with Crippen LogP contribution in [0, 0.1) is 12.8 Å². The summed E-state index contributed by atoms with van der Waals surface area (Å²) in [5.41, 5.74) is 2.81. The van der Waals surface area contributed by atoms with E-state index in [1.165, 1.54) is 0 Å². The number of thiophene rings is 1. The molecule has 0 saturated heterocycles. The maximum atomic E-state index is 12.8. The van der Waals surface area contributed by atoms with E-state index in [9.17, 15) is 13.2 Å². The minimum Gasteiger partial charge on any atom is -0.354 e. The van der Waals surface area contributed by atoms with Gasteiger partial charge in [0.15, 0.2) is 5.76 Å².